The fourth-order valence-electron chi connectivity index (χ4n) is 3.69. The van der Waals surface area contributed by atoms with Gasteiger partial charge in [-0.05, 0) is 38.7 Å². The highest BCUT2D eigenvalue weighted by molar-refractivity contribution is 5.95. The molecule has 2 atom stereocenters. The fourth-order valence-corrected chi connectivity index (χ4v) is 3.69. The molecule has 2 aromatic rings. The van der Waals surface area contributed by atoms with Crippen LogP contribution in [0.5, 0.6) is 0 Å². The highest BCUT2D eigenvalue weighted by atomic mass is 16.2. The van der Waals surface area contributed by atoms with Gasteiger partial charge in [-0.1, -0.05) is 12.8 Å². The van der Waals surface area contributed by atoms with Gasteiger partial charge in [-0.2, -0.15) is 15.3 Å². The van der Waals surface area contributed by atoms with Crippen molar-refractivity contribution in [3.8, 4) is 0 Å². The van der Waals surface area contributed by atoms with Crippen LogP contribution in [-0.4, -0.2) is 36.5 Å². The van der Waals surface area contributed by atoms with Gasteiger partial charge in [-0.3, -0.25) is 9.36 Å². The zero-order valence-corrected chi connectivity index (χ0v) is 15.8. The van der Waals surface area contributed by atoms with Crippen LogP contribution in [0.2, 0.25) is 0 Å². The van der Waals surface area contributed by atoms with Gasteiger partial charge in [0, 0.05) is 26.6 Å². The molecule has 8 heteroatoms. The molecule has 0 bridgehead atoms. The lowest BCUT2D eigenvalue weighted by Gasteiger charge is -2.32. The minimum Gasteiger partial charge on any atom is -0.349 e. The summed E-state index contributed by atoms with van der Waals surface area (Å²) in [4.78, 5) is 24.7. The third-order valence-electron chi connectivity index (χ3n) is 5.23. The first kappa shape index (κ1) is 18.3. The number of nitrogens with one attached hydrogen (secondary N) is 1. The highest BCUT2D eigenvalue weighted by Gasteiger charge is 2.29. The van der Waals surface area contributed by atoms with E-state index in [1.165, 1.54) is 4.68 Å². The molecule has 1 aliphatic carbocycles. The molecule has 1 fully saturated rings. The zero-order valence-electron chi connectivity index (χ0n) is 15.8. The van der Waals surface area contributed by atoms with Crippen molar-refractivity contribution in [3.05, 3.63) is 39.3 Å². The van der Waals surface area contributed by atoms with Crippen molar-refractivity contribution in [3.63, 3.8) is 0 Å². The Hall–Kier alpha value is -2.51. The van der Waals surface area contributed by atoms with E-state index in [1.807, 2.05) is 6.92 Å². The Balaban J connectivity index is 1.76. The quantitative estimate of drug-likeness (QED) is 0.882. The van der Waals surface area contributed by atoms with Crippen molar-refractivity contribution in [2.24, 2.45) is 20.0 Å². The predicted molar refractivity (Wildman–Crippen MR) is 96.9 cm³/mol. The van der Waals surface area contributed by atoms with E-state index in [1.54, 1.807) is 31.7 Å². The van der Waals surface area contributed by atoms with Gasteiger partial charge in [0.05, 0.1) is 17.0 Å². The minimum absolute atomic E-state index is 0.0706. The number of carbonyl (C=O) groups excluding carboxylic acids is 1. The maximum absolute atomic E-state index is 12.8. The van der Waals surface area contributed by atoms with Gasteiger partial charge in [0.15, 0.2) is 0 Å². The third-order valence-corrected chi connectivity index (χ3v) is 5.23. The molecule has 0 spiro atoms. The van der Waals surface area contributed by atoms with Crippen molar-refractivity contribution in [2.45, 2.75) is 52.0 Å². The van der Waals surface area contributed by atoms with E-state index < -0.39 is 0 Å². The first-order valence-electron chi connectivity index (χ1n) is 9.07. The summed E-state index contributed by atoms with van der Waals surface area (Å²) in [5, 5.41) is 15.6. The molecule has 2 heterocycles. The van der Waals surface area contributed by atoms with Crippen molar-refractivity contribution in [1.29, 1.82) is 0 Å². The summed E-state index contributed by atoms with van der Waals surface area (Å²) in [7, 11) is 3.41. The van der Waals surface area contributed by atoms with Crippen LogP contribution in [0.3, 0.4) is 0 Å². The van der Waals surface area contributed by atoms with Crippen LogP contribution in [0.1, 0.15) is 53.3 Å². The Labute approximate surface area is 152 Å². The van der Waals surface area contributed by atoms with Crippen LogP contribution in [0.4, 0.5) is 0 Å². The smallest absolute Gasteiger partial charge is 0.345 e. The van der Waals surface area contributed by atoms with Gasteiger partial charge in [-0.25, -0.2) is 9.48 Å². The monoisotopic (exact) mass is 358 g/mol. The molecule has 8 nitrogen and oxygen atoms in total. The molecule has 1 saturated carbocycles. The topological polar surface area (TPSA) is 94.7 Å². The largest absolute Gasteiger partial charge is 0.349 e. The lowest BCUT2D eigenvalue weighted by molar-refractivity contribution is 0.0903. The number of carbonyl (C=O) groups is 1. The number of hydrogen-bond donors (Lipinski definition) is 1. The summed E-state index contributed by atoms with van der Waals surface area (Å²) < 4.78 is 2.95. The second-order valence-electron chi connectivity index (χ2n) is 7.19. The molecule has 3 rings (SSSR count). The maximum atomic E-state index is 12.8. The number of rotatable bonds is 4. The average molecular weight is 358 g/mol. The lowest BCUT2D eigenvalue weighted by atomic mass is 9.82. The molecule has 0 aliphatic heterocycles. The fraction of sp³-hybridized carbons (Fsp3) is 0.611. The van der Waals surface area contributed by atoms with Gasteiger partial charge in [0.1, 0.15) is 5.82 Å². The van der Waals surface area contributed by atoms with E-state index in [0.29, 0.717) is 17.7 Å². The van der Waals surface area contributed by atoms with Crippen LogP contribution < -0.4 is 11.0 Å². The van der Waals surface area contributed by atoms with Crippen LogP contribution >= 0.6 is 0 Å². The van der Waals surface area contributed by atoms with Gasteiger partial charge in [0.2, 0.25) is 0 Å². The second kappa shape index (κ2) is 7.39. The number of aromatic nitrogens is 5. The number of aryl methyl sites for hydroxylation is 3. The van der Waals surface area contributed by atoms with E-state index in [-0.39, 0.29) is 23.6 Å². The van der Waals surface area contributed by atoms with Crippen molar-refractivity contribution < 1.29 is 4.79 Å². The molecule has 0 radical (unpaired) electrons. The lowest BCUT2D eigenvalue weighted by Crippen LogP contribution is -2.43. The predicted octanol–water partition coefficient (Wildman–Crippen LogP) is 1.06. The molecule has 140 valence electrons. The first-order chi connectivity index (χ1) is 12.4. The Morgan fingerprint density at radius 2 is 1.96 bits per heavy atom. The van der Waals surface area contributed by atoms with Gasteiger partial charge >= 0.3 is 5.69 Å². The summed E-state index contributed by atoms with van der Waals surface area (Å²) in [6.45, 7) is 3.62. The summed E-state index contributed by atoms with van der Waals surface area (Å²) in [5.41, 5.74) is 1.81. The molecule has 2 aromatic heterocycles. The molecule has 0 aromatic carbocycles. The first-order valence-corrected chi connectivity index (χ1v) is 9.07. The van der Waals surface area contributed by atoms with Crippen molar-refractivity contribution in [1.82, 2.24) is 29.9 Å². The second-order valence-corrected chi connectivity index (χ2v) is 7.19. The summed E-state index contributed by atoms with van der Waals surface area (Å²) in [5.74, 6) is 0.929. The van der Waals surface area contributed by atoms with Crippen molar-refractivity contribution in [2.75, 3.05) is 0 Å². The van der Waals surface area contributed by atoms with Gasteiger partial charge in [-0.15, -0.1) is 0 Å². The van der Waals surface area contributed by atoms with Crippen LogP contribution in [0.15, 0.2) is 10.9 Å². The molecular formula is C18H26N6O2. The molecule has 1 aliphatic rings. The molecule has 0 saturated heterocycles. The van der Waals surface area contributed by atoms with Gasteiger partial charge < -0.3 is 5.32 Å². The van der Waals surface area contributed by atoms with E-state index in [9.17, 15) is 9.59 Å². The average Bonchev–Trinajstić information content (AvgIpc) is 2.85. The van der Waals surface area contributed by atoms with Crippen LogP contribution in [0, 0.1) is 19.8 Å². The van der Waals surface area contributed by atoms with E-state index in [2.05, 4.69) is 20.6 Å². The summed E-state index contributed by atoms with van der Waals surface area (Å²) in [6.07, 6.45) is 4.86. The molecule has 26 heavy (non-hydrogen) atoms. The third kappa shape index (κ3) is 3.68. The standard InChI is InChI=1S/C18H26N6O2/c1-11-9-14(12(2)21-20-11)17(25)19-15-8-6-5-7-13(15)10-16-22-24(4)18(26)23(16)3/h9,13,15H,5-8,10H2,1-4H3,(H,19,25)/t13-,15-/m1/s1. The Morgan fingerprint density at radius 1 is 1.23 bits per heavy atom. The Bertz CT molecular complexity index is 869. The normalized spacial score (nSPS) is 20.2. The molecule has 1 N–H and O–H groups in total. The number of amides is 1. The maximum Gasteiger partial charge on any atom is 0.345 e. The van der Waals surface area contributed by atoms with Crippen molar-refractivity contribution >= 4 is 5.91 Å². The van der Waals surface area contributed by atoms with Gasteiger partial charge in [0.25, 0.3) is 5.91 Å². The number of nitrogens with zero attached hydrogens (tertiary/aromatic N) is 5. The molecule has 1 amide bonds. The van der Waals surface area contributed by atoms with E-state index >= 15 is 0 Å². The Morgan fingerprint density at radius 3 is 2.65 bits per heavy atom. The Kier molecular flexibility index (Phi) is 5.20. The SMILES string of the molecule is Cc1cc(C(=O)N[C@@H]2CCCC[C@@H]2Cc2nn(C)c(=O)n2C)c(C)nn1. The summed E-state index contributed by atoms with van der Waals surface area (Å²) in [6, 6.07) is 1.85. The molecular weight excluding hydrogens is 332 g/mol. The minimum atomic E-state index is -0.120. The van der Waals surface area contributed by atoms with E-state index in [4.69, 9.17) is 0 Å². The summed E-state index contributed by atoms with van der Waals surface area (Å²) >= 11 is 0. The molecule has 0 unspecified atom stereocenters. The van der Waals surface area contributed by atoms with Crippen LogP contribution in [-0.2, 0) is 20.5 Å². The highest BCUT2D eigenvalue weighted by Crippen LogP contribution is 2.27. The zero-order chi connectivity index (χ0) is 18.8. The van der Waals surface area contributed by atoms with E-state index in [0.717, 1.165) is 37.2 Å². The van der Waals surface area contributed by atoms with Crippen LogP contribution in [0.25, 0.3) is 0 Å². The number of hydrogen-bond acceptors (Lipinski definition) is 5.